The lowest BCUT2D eigenvalue weighted by atomic mass is 10.1. The Morgan fingerprint density at radius 2 is 2.08 bits per heavy atom. The lowest BCUT2D eigenvalue weighted by molar-refractivity contribution is -0.117. The van der Waals surface area contributed by atoms with Crippen LogP contribution < -0.4 is 21.1 Å². The van der Waals surface area contributed by atoms with Gasteiger partial charge in [0.1, 0.15) is 11.8 Å². The fourth-order valence-corrected chi connectivity index (χ4v) is 2.14. The van der Waals surface area contributed by atoms with Crippen molar-refractivity contribution in [2.75, 3.05) is 17.7 Å². The SMILES string of the molecule is COc1cc(CC(N)=O)c(Cl)cc1NC(=O)Nc1cnc(C#N)cn1. The average Bonchev–Trinajstić information content (AvgIpc) is 2.57. The number of carbonyl (C=O) groups is 2. The first-order valence-electron chi connectivity index (χ1n) is 6.87. The molecular formula is C15H13ClN6O3. The highest BCUT2D eigenvalue weighted by Crippen LogP contribution is 2.31. The predicted molar refractivity (Wildman–Crippen MR) is 90.3 cm³/mol. The van der Waals surface area contributed by atoms with Crippen LogP contribution in [0.15, 0.2) is 24.5 Å². The molecule has 0 aliphatic carbocycles. The predicted octanol–water partition coefficient (Wildman–Crippen LogP) is 1.68. The number of nitrogens with two attached hydrogens (primary N) is 1. The molecule has 0 saturated heterocycles. The van der Waals surface area contributed by atoms with Crippen molar-refractivity contribution in [3.63, 3.8) is 0 Å². The summed E-state index contributed by atoms with van der Waals surface area (Å²) in [4.78, 5) is 30.8. The van der Waals surface area contributed by atoms with Crippen molar-refractivity contribution < 1.29 is 14.3 Å². The van der Waals surface area contributed by atoms with Crippen LogP contribution in [0.1, 0.15) is 11.3 Å². The fraction of sp³-hybridized carbons (Fsp3) is 0.133. The van der Waals surface area contributed by atoms with E-state index in [2.05, 4.69) is 20.6 Å². The number of nitrogens with one attached hydrogen (secondary N) is 2. The van der Waals surface area contributed by atoms with Gasteiger partial charge in [0.05, 0.1) is 31.6 Å². The van der Waals surface area contributed by atoms with Crippen molar-refractivity contribution in [3.05, 3.63) is 40.8 Å². The normalized spacial score (nSPS) is 9.80. The maximum Gasteiger partial charge on any atom is 0.325 e. The van der Waals surface area contributed by atoms with E-state index < -0.39 is 11.9 Å². The molecule has 128 valence electrons. The van der Waals surface area contributed by atoms with Gasteiger partial charge in [-0.2, -0.15) is 5.26 Å². The molecule has 2 rings (SSSR count). The number of methoxy groups -OCH3 is 1. The number of amides is 3. The highest BCUT2D eigenvalue weighted by Gasteiger charge is 2.14. The van der Waals surface area contributed by atoms with E-state index >= 15 is 0 Å². The summed E-state index contributed by atoms with van der Waals surface area (Å²) in [6, 6.07) is 4.17. The van der Waals surface area contributed by atoms with Crippen molar-refractivity contribution in [2.45, 2.75) is 6.42 Å². The summed E-state index contributed by atoms with van der Waals surface area (Å²) in [6.45, 7) is 0. The third kappa shape index (κ3) is 4.79. The molecule has 0 bridgehead atoms. The van der Waals surface area contributed by atoms with Gasteiger partial charge in [0.25, 0.3) is 0 Å². The summed E-state index contributed by atoms with van der Waals surface area (Å²) in [6.07, 6.45) is 2.42. The van der Waals surface area contributed by atoms with E-state index in [0.29, 0.717) is 17.0 Å². The maximum absolute atomic E-state index is 12.1. The first kappa shape index (κ1) is 18.0. The van der Waals surface area contributed by atoms with E-state index in [1.54, 1.807) is 0 Å². The topological polar surface area (TPSA) is 143 Å². The standard InChI is InChI=1S/C15H13ClN6O3/c1-25-12-2-8(3-13(18)23)10(16)4-11(12)21-15(24)22-14-7-19-9(5-17)6-20-14/h2,4,6-7H,3H2,1H3,(H2,18,23)(H2,20,21,22,24). The lowest BCUT2D eigenvalue weighted by Crippen LogP contribution is -2.21. The lowest BCUT2D eigenvalue weighted by Gasteiger charge is -2.13. The maximum atomic E-state index is 12.1. The first-order valence-corrected chi connectivity index (χ1v) is 7.25. The van der Waals surface area contributed by atoms with E-state index in [-0.39, 0.29) is 23.0 Å². The van der Waals surface area contributed by atoms with Crippen LogP contribution in [0, 0.1) is 11.3 Å². The van der Waals surface area contributed by atoms with E-state index in [1.807, 2.05) is 6.07 Å². The van der Waals surface area contributed by atoms with Crippen LogP contribution in [-0.4, -0.2) is 29.0 Å². The minimum absolute atomic E-state index is 0.0531. The van der Waals surface area contributed by atoms with Gasteiger partial charge >= 0.3 is 6.03 Å². The van der Waals surface area contributed by atoms with E-state index in [4.69, 9.17) is 27.3 Å². The Labute approximate surface area is 147 Å². The summed E-state index contributed by atoms with van der Waals surface area (Å²) < 4.78 is 5.19. The van der Waals surface area contributed by atoms with Gasteiger partial charge in [-0.05, 0) is 17.7 Å². The number of rotatable bonds is 5. The monoisotopic (exact) mass is 360 g/mol. The molecule has 1 aromatic heterocycles. The van der Waals surface area contributed by atoms with E-state index in [0.717, 1.165) is 0 Å². The Balaban J connectivity index is 2.15. The molecule has 25 heavy (non-hydrogen) atoms. The Morgan fingerprint density at radius 1 is 1.32 bits per heavy atom. The Bertz CT molecular complexity index is 848. The molecule has 0 aliphatic heterocycles. The second-order valence-corrected chi connectivity index (χ2v) is 5.17. The Kier molecular flexibility index (Phi) is 5.71. The number of carbonyl (C=O) groups excluding carboxylic acids is 2. The first-order chi connectivity index (χ1) is 11.9. The summed E-state index contributed by atoms with van der Waals surface area (Å²) >= 11 is 6.09. The van der Waals surface area contributed by atoms with Gasteiger partial charge in [0, 0.05) is 5.02 Å². The average molecular weight is 361 g/mol. The second kappa shape index (κ2) is 7.94. The molecule has 0 fully saturated rings. The smallest absolute Gasteiger partial charge is 0.325 e. The molecule has 0 radical (unpaired) electrons. The van der Waals surface area contributed by atoms with Crippen LogP contribution in [0.3, 0.4) is 0 Å². The minimum Gasteiger partial charge on any atom is -0.495 e. The zero-order valence-corrected chi connectivity index (χ0v) is 13.8. The molecule has 9 nitrogen and oxygen atoms in total. The van der Waals surface area contributed by atoms with E-state index in [1.165, 1.54) is 31.6 Å². The molecule has 0 saturated carbocycles. The van der Waals surface area contributed by atoms with E-state index in [9.17, 15) is 9.59 Å². The zero-order chi connectivity index (χ0) is 18.4. The van der Waals surface area contributed by atoms with Crippen LogP contribution in [0.5, 0.6) is 5.75 Å². The largest absolute Gasteiger partial charge is 0.495 e. The molecule has 0 aliphatic rings. The fourth-order valence-electron chi connectivity index (χ4n) is 1.91. The number of primary amides is 1. The van der Waals surface area contributed by atoms with Crippen LogP contribution in [0.2, 0.25) is 5.02 Å². The van der Waals surface area contributed by atoms with Crippen molar-refractivity contribution in [2.24, 2.45) is 5.73 Å². The molecule has 1 heterocycles. The summed E-state index contributed by atoms with van der Waals surface area (Å²) in [7, 11) is 1.41. The van der Waals surface area contributed by atoms with Gasteiger partial charge in [-0.3, -0.25) is 10.1 Å². The number of nitriles is 1. The third-order valence-corrected chi connectivity index (χ3v) is 3.34. The molecule has 2 aromatic rings. The van der Waals surface area contributed by atoms with Gasteiger partial charge in [-0.15, -0.1) is 0 Å². The van der Waals surface area contributed by atoms with Gasteiger partial charge in [0.2, 0.25) is 5.91 Å². The zero-order valence-electron chi connectivity index (χ0n) is 13.0. The summed E-state index contributed by atoms with van der Waals surface area (Å²) in [5.41, 5.74) is 6.06. The minimum atomic E-state index is -0.615. The molecule has 3 amide bonds. The third-order valence-electron chi connectivity index (χ3n) is 2.99. The van der Waals surface area contributed by atoms with Crippen molar-refractivity contribution in [1.29, 1.82) is 5.26 Å². The number of halogens is 1. The van der Waals surface area contributed by atoms with Gasteiger partial charge in [0.15, 0.2) is 11.5 Å². The molecule has 0 unspecified atom stereocenters. The van der Waals surface area contributed by atoms with Crippen molar-refractivity contribution in [3.8, 4) is 11.8 Å². The van der Waals surface area contributed by atoms with Gasteiger partial charge < -0.3 is 15.8 Å². The van der Waals surface area contributed by atoms with Gasteiger partial charge in [-0.1, -0.05) is 11.6 Å². The van der Waals surface area contributed by atoms with Crippen LogP contribution in [-0.2, 0) is 11.2 Å². The van der Waals surface area contributed by atoms with Gasteiger partial charge in [-0.25, -0.2) is 14.8 Å². The molecular weight excluding hydrogens is 348 g/mol. The Morgan fingerprint density at radius 3 is 2.64 bits per heavy atom. The number of nitrogens with zero attached hydrogens (tertiary/aromatic N) is 3. The highest BCUT2D eigenvalue weighted by molar-refractivity contribution is 6.32. The molecule has 4 N–H and O–H groups in total. The second-order valence-electron chi connectivity index (χ2n) is 4.76. The molecule has 0 spiro atoms. The summed E-state index contributed by atoms with van der Waals surface area (Å²) in [5.74, 6) is -0.0737. The van der Waals surface area contributed by atoms with Crippen LogP contribution in [0.25, 0.3) is 0 Å². The number of hydrogen-bond acceptors (Lipinski definition) is 6. The molecule has 0 atom stereocenters. The van der Waals surface area contributed by atoms with Crippen LogP contribution in [0.4, 0.5) is 16.3 Å². The van der Waals surface area contributed by atoms with Crippen molar-refractivity contribution in [1.82, 2.24) is 9.97 Å². The number of ether oxygens (including phenoxy) is 1. The highest BCUT2D eigenvalue weighted by atomic mass is 35.5. The quantitative estimate of drug-likeness (QED) is 0.740. The Hall–Kier alpha value is -3.38. The number of urea groups is 1. The number of anilines is 2. The summed E-state index contributed by atoms with van der Waals surface area (Å²) in [5, 5.41) is 13.9. The number of benzene rings is 1. The molecule has 10 heteroatoms. The number of aromatic nitrogens is 2. The number of hydrogen-bond donors (Lipinski definition) is 3. The molecule has 1 aromatic carbocycles. The van der Waals surface area contributed by atoms with Crippen molar-refractivity contribution >= 4 is 35.0 Å². The van der Waals surface area contributed by atoms with Crippen LogP contribution >= 0.6 is 11.6 Å².